The molecule has 1 aliphatic rings. The fourth-order valence-electron chi connectivity index (χ4n) is 1.95. The van der Waals surface area contributed by atoms with Crippen molar-refractivity contribution < 1.29 is 19.1 Å². The molecule has 1 aliphatic heterocycles. The van der Waals surface area contributed by atoms with Gasteiger partial charge >= 0.3 is 5.97 Å². The van der Waals surface area contributed by atoms with Gasteiger partial charge in [-0.25, -0.2) is 4.39 Å². The smallest absolute Gasteiger partial charge is 0.308 e. The van der Waals surface area contributed by atoms with Crippen molar-refractivity contribution in [1.29, 1.82) is 0 Å². The largest absolute Gasteiger partial charge is 0.481 e. The summed E-state index contributed by atoms with van der Waals surface area (Å²) in [6, 6.07) is 5.42. The Labute approximate surface area is 97.7 Å². The maximum Gasteiger partial charge on any atom is 0.308 e. The number of hydrogen-bond donors (Lipinski definition) is 1. The van der Waals surface area contributed by atoms with Gasteiger partial charge in [0.1, 0.15) is 5.82 Å². The lowest BCUT2D eigenvalue weighted by atomic mass is 10.1. The van der Waals surface area contributed by atoms with E-state index in [1.54, 1.807) is 0 Å². The second-order valence-corrected chi connectivity index (χ2v) is 4.09. The van der Waals surface area contributed by atoms with Crippen LogP contribution in [0.4, 0.5) is 4.39 Å². The van der Waals surface area contributed by atoms with Crippen molar-refractivity contribution in [2.24, 2.45) is 5.92 Å². The zero-order chi connectivity index (χ0) is 12.4. The molecular formula is C12H12FNO3. The van der Waals surface area contributed by atoms with E-state index in [9.17, 15) is 14.0 Å². The quantitative estimate of drug-likeness (QED) is 0.845. The molecule has 2 rings (SSSR count). The molecule has 1 heterocycles. The molecule has 1 aromatic carbocycles. The fraction of sp³-hybridized carbons (Fsp3) is 0.333. The van der Waals surface area contributed by atoms with Gasteiger partial charge in [0.25, 0.3) is 5.91 Å². The van der Waals surface area contributed by atoms with Crippen LogP contribution in [-0.4, -0.2) is 35.0 Å². The number of rotatable bonds is 2. The fourth-order valence-corrected chi connectivity index (χ4v) is 1.95. The molecule has 0 spiro atoms. The Morgan fingerprint density at radius 2 is 2.18 bits per heavy atom. The third-order valence-corrected chi connectivity index (χ3v) is 2.90. The topological polar surface area (TPSA) is 57.6 Å². The van der Waals surface area contributed by atoms with Gasteiger partial charge in [-0.3, -0.25) is 9.59 Å². The number of nitrogens with zero attached hydrogens (tertiary/aromatic N) is 1. The summed E-state index contributed by atoms with van der Waals surface area (Å²) < 4.78 is 13.0. The molecule has 0 bridgehead atoms. The molecule has 0 aromatic heterocycles. The van der Waals surface area contributed by atoms with Crippen LogP contribution in [0.3, 0.4) is 0 Å². The molecule has 1 saturated heterocycles. The van der Waals surface area contributed by atoms with Gasteiger partial charge in [-0.2, -0.15) is 0 Å². The Morgan fingerprint density at radius 1 is 1.41 bits per heavy atom. The first-order valence-electron chi connectivity index (χ1n) is 5.35. The number of likely N-dealkylation sites (tertiary alicyclic amines) is 1. The van der Waals surface area contributed by atoms with Crippen LogP contribution in [0, 0.1) is 11.7 Å². The SMILES string of the molecule is O=C(O)[C@@H]1CCN(C(=O)c2cccc(F)c2)C1. The molecule has 1 amide bonds. The first-order valence-corrected chi connectivity index (χ1v) is 5.35. The maximum absolute atomic E-state index is 13.0. The minimum absolute atomic E-state index is 0.199. The number of carboxylic acids is 1. The predicted molar refractivity (Wildman–Crippen MR) is 58.0 cm³/mol. The number of carboxylic acid groups (broad SMARTS) is 1. The third-order valence-electron chi connectivity index (χ3n) is 2.90. The van der Waals surface area contributed by atoms with Crippen LogP contribution in [0.5, 0.6) is 0 Å². The van der Waals surface area contributed by atoms with Crippen molar-refractivity contribution in [3.63, 3.8) is 0 Å². The number of aliphatic carboxylic acids is 1. The van der Waals surface area contributed by atoms with E-state index in [1.165, 1.54) is 23.1 Å². The minimum atomic E-state index is -0.889. The number of carbonyl (C=O) groups is 2. The highest BCUT2D eigenvalue weighted by molar-refractivity contribution is 5.94. The van der Waals surface area contributed by atoms with Gasteiger partial charge < -0.3 is 10.0 Å². The zero-order valence-electron chi connectivity index (χ0n) is 9.10. The lowest BCUT2D eigenvalue weighted by molar-refractivity contribution is -0.141. The van der Waals surface area contributed by atoms with Crippen LogP contribution in [0.25, 0.3) is 0 Å². The van der Waals surface area contributed by atoms with Crippen molar-refractivity contribution in [3.05, 3.63) is 35.6 Å². The highest BCUT2D eigenvalue weighted by atomic mass is 19.1. The second-order valence-electron chi connectivity index (χ2n) is 4.09. The van der Waals surface area contributed by atoms with Gasteiger partial charge in [0.05, 0.1) is 5.92 Å². The summed E-state index contributed by atoms with van der Waals surface area (Å²) in [4.78, 5) is 24.1. The van der Waals surface area contributed by atoms with Crippen molar-refractivity contribution in [3.8, 4) is 0 Å². The van der Waals surface area contributed by atoms with E-state index in [1.807, 2.05) is 0 Å². The number of carbonyl (C=O) groups excluding carboxylic acids is 1. The molecule has 5 heteroatoms. The monoisotopic (exact) mass is 237 g/mol. The van der Waals surface area contributed by atoms with Crippen LogP contribution in [-0.2, 0) is 4.79 Å². The standard InChI is InChI=1S/C12H12FNO3/c13-10-3-1-2-8(6-10)11(15)14-5-4-9(7-14)12(16)17/h1-3,6,9H,4-5,7H2,(H,16,17)/t9-/m1/s1. The van der Waals surface area contributed by atoms with E-state index >= 15 is 0 Å². The van der Waals surface area contributed by atoms with Crippen molar-refractivity contribution in [2.75, 3.05) is 13.1 Å². The second kappa shape index (κ2) is 4.53. The molecule has 1 fully saturated rings. The van der Waals surface area contributed by atoms with Gasteiger partial charge in [0.15, 0.2) is 0 Å². The molecule has 1 N–H and O–H groups in total. The molecular weight excluding hydrogens is 225 g/mol. The first-order chi connectivity index (χ1) is 8.08. The van der Waals surface area contributed by atoms with Gasteiger partial charge in [0.2, 0.25) is 0 Å². The molecule has 1 atom stereocenters. The van der Waals surface area contributed by atoms with Crippen LogP contribution in [0.1, 0.15) is 16.8 Å². The van der Waals surface area contributed by atoms with E-state index < -0.39 is 17.7 Å². The Bertz CT molecular complexity index is 461. The first kappa shape index (κ1) is 11.6. The molecule has 1 aromatic rings. The third kappa shape index (κ3) is 2.43. The van der Waals surface area contributed by atoms with E-state index in [2.05, 4.69) is 0 Å². The molecule has 90 valence electrons. The summed E-state index contributed by atoms with van der Waals surface area (Å²) in [7, 11) is 0. The van der Waals surface area contributed by atoms with Crippen molar-refractivity contribution >= 4 is 11.9 Å². The van der Waals surface area contributed by atoms with E-state index in [0.29, 0.717) is 13.0 Å². The van der Waals surface area contributed by atoms with Gasteiger partial charge in [0, 0.05) is 18.7 Å². The average molecular weight is 237 g/mol. The number of amides is 1. The Morgan fingerprint density at radius 3 is 2.76 bits per heavy atom. The Kier molecular flexibility index (Phi) is 3.08. The van der Waals surface area contributed by atoms with Crippen molar-refractivity contribution in [1.82, 2.24) is 4.90 Å². The summed E-state index contributed by atoms with van der Waals surface area (Å²) >= 11 is 0. The summed E-state index contributed by atoms with van der Waals surface area (Å²) in [5.41, 5.74) is 0.260. The van der Waals surface area contributed by atoms with E-state index in [0.717, 1.165) is 6.07 Å². The van der Waals surface area contributed by atoms with Crippen LogP contribution < -0.4 is 0 Å². The maximum atomic E-state index is 13.0. The summed E-state index contributed by atoms with van der Waals surface area (Å²) in [6.45, 7) is 0.608. The van der Waals surface area contributed by atoms with E-state index in [4.69, 9.17) is 5.11 Å². The highest BCUT2D eigenvalue weighted by Gasteiger charge is 2.31. The minimum Gasteiger partial charge on any atom is -0.481 e. The van der Waals surface area contributed by atoms with Gasteiger partial charge in [-0.1, -0.05) is 6.07 Å². The van der Waals surface area contributed by atoms with Crippen LogP contribution in [0.15, 0.2) is 24.3 Å². The van der Waals surface area contributed by atoms with Gasteiger partial charge in [-0.05, 0) is 24.6 Å². The van der Waals surface area contributed by atoms with Crippen LogP contribution >= 0.6 is 0 Å². The Hall–Kier alpha value is -1.91. The molecule has 4 nitrogen and oxygen atoms in total. The molecule has 17 heavy (non-hydrogen) atoms. The number of hydrogen-bond acceptors (Lipinski definition) is 2. The average Bonchev–Trinajstić information content (AvgIpc) is 2.77. The summed E-state index contributed by atoms with van der Waals surface area (Å²) in [5, 5.41) is 8.83. The molecule has 0 unspecified atom stereocenters. The molecule has 0 saturated carbocycles. The van der Waals surface area contributed by atoms with Crippen molar-refractivity contribution in [2.45, 2.75) is 6.42 Å². The summed E-state index contributed by atoms with van der Waals surface area (Å²) in [5.74, 6) is -2.18. The highest BCUT2D eigenvalue weighted by Crippen LogP contribution is 2.19. The number of benzene rings is 1. The van der Waals surface area contributed by atoms with Crippen LogP contribution in [0.2, 0.25) is 0 Å². The normalized spacial score (nSPS) is 19.4. The zero-order valence-corrected chi connectivity index (χ0v) is 9.10. The molecule has 0 radical (unpaired) electrons. The lowest BCUT2D eigenvalue weighted by Gasteiger charge is -2.15. The van der Waals surface area contributed by atoms with E-state index in [-0.39, 0.29) is 18.0 Å². The van der Waals surface area contributed by atoms with Gasteiger partial charge in [-0.15, -0.1) is 0 Å². The summed E-state index contributed by atoms with van der Waals surface area (Å²) in [6.07, 6.45) is 0.455. The lowest BCUT2D eigenvalue weighted by Crippen LogP contribution is -2.29. The number of halogens is 1. The predicted octanol–water partition coefficient (Wildman–Crippen LogP) is 1.37. The molecule has 0 aliphatic carbocycles. The Balaban J connectivity index is 2.09.